The molecular formula is C16H18N2O4. The zero-order valence-corrected chi connectivity index (χ0v) is 12.9. The Morgan fingerprint density at radius 1 is 0.773 bits per heavy atom. The van der Waals surface area contributed by atoms with Crippen molar-refractivity contribution in [1.82, 2.24) is 9.97 Å². The summed E-state index contributed by atoms with van der Waals surface area (Å²) < 4.78 is 0. The molecule has 0 spiro atoms. The topological polar surface area (TPSA) is 106 Å². The van der Waals surface area contributed by atoms with Crippen molar-refractivity contribution in [3.63, 3.8) is 0 Å². The Labute approximate surface area is 127 Å². The van der Waals surface area contributed by atoms with E-state index in [1.54, 1.807) is 27.7 Å². The van der Waals surface area contributed by atoms with E-state index in [1.165, 1.54) is 0 Å². The molecule has 2 heterocycles. The molecule has 4 N–H and O–H groups in total. The summed E-state index contributed by atoms with van der Waals surface area (Å²) >= 11 is 0. The zero-order chi connectivity index (χ0) is 16.6. The number of rotatable bonds is 4. The maximum absolute atomic E-state index is 11.1. The Balaban J connectivity index is 2.46. The van der Waals surface area contributed by atoms with E-state index < -0.39 is 11.9 Å². The normalized spacial score (nSPS) is 11.3. The van der Waals surface area contributed by atoms with Gasteiger partial charge in [0.2, 0.25) is 0 Å². The van der Waals surface area contributed by atoms with Crippen molar-refractivity contribution in [2.75, 3.05) is 0 Å². The lowest BCUT2D eigenvalue weighted by Gasteiger charge is -1.97. The fourth-order valence-electron chi connectivity index (χ4n) is 2.62. The van der Waals surface area contributed by atoms with E-state index in [4.69, 9.17) is 10.2 Å². The summed E-state index contributed by atoms with van der Waals surface area (Å²) in [6.07, 6.45) is 3.62. The number of aromatic nitrogens is 2. The maximum Gasteiger partial charge on any atom is 0.352 e. The molecule has 2 aromatic heterocycles. The van der Waals surface area contributed by atoms with E-state index in [0.717, 1.165) is 22.5 Å². The molecule has 0 aliphatic rings. The number of carboxylic acids is 2. The fraction of sp³-hybridized carbons (Fsp3) is 0.250. The molecule has 0 saturated carbocycles. The van der Waals surface area contributed by atoms with Crippen LogP contribution in [0.15, 0.2) is 0 Å². The van der Waals surface area contributed by atoms with Gasteiger partial charge in [-0.2, -0.15) is 0 Å². The number of hydrogen-bond donors (Lipinski definition) is 4. The van der Waals surface area contributed by atoms with Gasteiger partial charge in [-0.3, -0.25) is 0 Å². The number of hydrogen-bond acceptors (Lipinski definition) is 2. The van der Waals surface area contributed by atoms with Crippen molar-refractivity contribution < 1.29 is 19.8 Å². The quantitative estimate of drug-likeness (QED) is 0.696. The Bertz CT molecular complexity index is 727. The van der Waals surface area contributed by atoms with Gasteiger partial charge in [-0.1, -0.05) is 12.2 Å². The Morgan fingerprint density at radius 3 is 1.32 bits per heavy atom. The van der Waals surface area contributed by atoms with Gasteiger partial charge in [0.15, 0.2) is 0 Å². The smallest absolute Gasteiger partial charge is 0.352 e. The molecular weight excluding hydrogens is 284 g/mol. The third-order valence-corrected chi connectivity index (χ3v) is 3.84. The molecule has 0 amide bonds. The molecule has 0 saturated heterocycles. The highest BCUT2D eigenvalue weighted by molar-refractivity contribution is 5.92. The van der Waals surface area contributed by atoms with Crippen molar-refractivity contribution in [3.05, 3.63) is 45.0 Å². The lowest BCUT2D eigenvalue weighted by atomic mass is 10.1. The Morgan fingerprint density at radius 2 is 1.09 bits per heavy atom. The van der Waals surface area contributed by atoms with Crippen LogP contribution in [0.4, 0.5) is 0 Å². The third kappa shape index (κ3) is 2.55. The Hall–Kier alpha value is -2.76. The number of carbonyl (C=O) groups is 2. The lowest BCUT2D eigenvalue weighted by molar-refractivity contribution is 0.0679. The van der Waals surface area contributed by atoms with Crippen LogP contribution in [0, 0.1) is 27.7 Å². The molecule has 0 fully saturated rings. The molecule has 0 radical (unpaired) electrons. The van der Waals surface area contributed by atoms with Gasteiger partial charge in [0.25, 0.3) is 0 Å². The number of carboxylic acid groups (broad SMARTS) is 2. The zero-order valence-electron chi connectivity index (χ0n) is 12.9. The number of aromatic amines is 2. The first-order chi connectivity index (χ1) is 10.2. The highest BCUT2D eigenvalue weighted by atomic mass is 16.4. The predicted molar refractivity (Wildman–Crippen MR) is 83.4 cm³/mol. The second-order valence-electron chi connectivity index (χ2n) is 5.27. The van der Waals surface area contributed by atoms with Crippen molar-refractivity contribution in [1.29, 1.82) is 0 Å². The van der Waals surface area contributed by atoms with E-state index in [2.05, 4.69) is 9.97 Å². The average Bonchev–Trinajstić information content (AvgIpc) is 2.86. The standard InChI is InChI=1S/C16H18N2O4/c1-7-11(9(3)17-13(7)15(19)20)5-6-12-8(2)14(16(21)22)18-10(12)4/h5-6,17-18H,1-4H3,(H,19,20)(H,21,22)/b6-5+. The molecule has 0 aliphatic heterocycles. The minimum absolute atomic E-state index is 0.172. The van der Waals surface area contributed by atoms with Crippen LogP contribution in [0.5, 0.6) is 0 Å². The van der Waals surface area contributed by atoms with Crippen LogP contribution in [-0.2, 0) is 0 Å². The number of aryl methyl sites for hydroxylation is 2. The molecule has 2 aromatic rings. The van der Waals surface area contributed by atoms with Gasteiger partial charge in [0, 0.05) is 11.4 Å². The summed E-state index contributed by atoms with van der Waals surface area (Å²) in [5.74, 6) is -2.00. The van der Waals surface area contributed by atoms with Crippen molar-refractivity contribution >= 4 is 24.1 Å². The molecule has 0 aromatic carbocycles. The SMILES string of the molecule is Cc1[nH]c(C(=O)O)c(C)c1/C=C/c1c(C)[nH]c(C(=O)O)c1C. The van der Waals surface area contributed by atoms with Gasteiger partial charge < -0.3 is 20.2 Å². The number of aromatic carboxylic acids is 2. The molecule has 6 nitrogen and oxygen atoms in total. The summed E-state index contributed by atoms with van der Waals surface area (Å²) in [5, 5.41) is 18.2. The van der Waals surface area contributed by atoms with Gasteiger partial charge in [-0.05, 0) is 49.9 Å². The predicted octanol–water partition coefficient (Wildman–Crippen LogP) is 3.14. The van der Waals surface area contributed by atoms with E-state index in [0.29, 0.717) is 11.1 Å². The Kier molecular flexibility index (Phi) is 3.95. The van der Waals surface area contributed by atoms with Crippen LogP contribution >= 0.6 is 0 Å². The summed E-state index contributed by atoms with van der Waals surface area (Å²) in [6.45, 7) is 7.09. The minimum atomic E-state index is -0.998. The molecule has 0 bridgehead atoms. The van der Waals surface area contributed by atoms with Gasteiger partial charge in [-0.25, -0.2) is 9.59 Å². The molecule has 0 aliphatic carbocycles. The second kappa shape index (κ2) is 5.55. The van der Waals surface area contributed by atoms with Crippen LogP contribution < -0.4 is 0 Å². The molecule has 6 heteroatoms. The molecule has 2 rings (SSSR count). The van der Waals surface area contributed by atoms with Crippen LogP contribution in [0.1, 0.15) is 54.6 Å². The summed E-state index contributed by atoms with van der Waals surface area (Å²) in [6, 6.07) is 0. The molecule has 116 valence electrons. The van der Waals surface area contributed by atoms with Crippen LogP contribution in [0.2, 0.25) is 0 Å². The van der Waals surface area contributed by atoms with Crippen molar-refractivity contribution in [2.45, 2.75) is 27.7 Å². The van der Waals surface area contributed by atoms with Gasteiger partial charge in [0.1, 0.15) is 11.4 Å². The van der Waals surface area contributed by atoms with Crippen LogP contribution in [0.25, 0.3) is 12.2 Å². The van der Waals surface area contributed by atoms with Crippen molar-refractivity contribution in [2.24, 2.45) is 0 Å². The largest absolute Gasteiger partial charge is 0.477 e. The number of H-pyrrole nitrogens is 2. The average molecular weight is 302 g/mol. The van der Waals surface area contributed by atoms with E-state index in [1.807, 2.05) is 12.2 Å². The maximum atomic E-state index is 11.1. The monoisotopic (exact) mass is 302 g/mol. The first-order valence-corrected chi connectivity index (χ1v) is 6.77. The van der Waals surface area contributed by atoms with E-state index in [9.17, 15) is 9.59 Å². The van der Waals surface area contributed by atoms with Gasteiger partial charge in [-0.15, -0.1) is 0 Å². The van der Waals surface area contributed by atoms with E-state index in [-0.39, 0.29) is 11.4 Å². The fourth-order valence-corrected chi connectivity index (χ4v) is 2.62. The minimum Gasteiger partial charge on any atom is -0.477 e. The molecule has 0 unspecified atom stereocenters. The second-order valence-corrected chi connectivity index (χ2v) is 5.27. The summed E-state index contributed by atoms with van der Waals surface area (Å²) in [7, 11) is 0. The summed E-state index contributed by atoms with van der Waals surface area (Å²) in [5.41, 5.74) is 4.78. The third-order valence-electron chi connectivity index (χ3n) is 3.84. The van der Waals surface area contributed by atoms with Crippen LogP contribution in [0.3, 0.4) is 0 Å². The van der Waals surface area contributed by atoms with Crippen molar-refractivity contribution in [3.8, 4) is 0 Å². The van der Waals surface area contributed by atoms with Crippen LogP contribution in [-0.4, -0.2) is 32.1 Å². The molecule has 0 atom stereocenters. The molecule has 22 heavy (non-hydrogen) atoms. The number of nitrogens with one attached hydrogen (secondary N) is 2. The van der Waals surface area contributed by atoms with E-state index >= 15 is 0 Å². The highest BCUT2D eigenvalue weighted by Gasteiger charge is 2.16. The van der Waals surface area contributed by atoms with Gasteiger partial charge >= 0.3 is 11.9 Å². The van der Waals surface area contributed by atoms with Gasteiger partial charge in [0.05, 0.1) is 0 Å². The summed E-state index contributed by atoms with van der Waals surface area (Å²) in [4.78, 5) is 27.9. The first kappa shape index (κ1) is 15.6. The highest BCUT2D eigenvalue weighted by Crippen LogP contribution is 2.24. The first-order valence-electron chi connectivity index (χ1n) is 6.77. The lowest BCUT2D eigenvalue weighted by Crippen LogP contribution is -1.98.